The first-order valence-electron chi connectivity index (χ1n) is 6.43. The van der Waals surface area contributed by atoms with Crippen LogP contribution in [-0.4, -0.2) is 5.11 Å². The molecule has 1 aromatic rings. The van der Waals surface area contributed by atoms with Crippen LogP contribution >= 0.6 is 0 Å². The maximum atomic E-state index is 10.2. The molecule has 0 spiro atoms. The van der Waals surface area contributed by atoms with Gasteiger partial charge in [0.15, 0.2) is 0 Å². The Morgan fingerprint density at radius 1 is 1.06 bits per heavy atom. The summed E-state index contributed by atoms with van der Waals surface area (Å²) < 4.78 is 0. The smallest absolute Gasteiger partial charge is 0.121 e. The number of hydrogen-bond donors (Lipinski definition) is 1. The molecule has 0 fully saturated rings. The lowest BCUT2D eigenvalue weighted by atomic mass is 9.91. The molecule has 0 bridgehead atoms. The van der Waals surface area contributed by atoms with E-state index in [-0.39, 0.29) is 0 Å². The SMILES string of the molecule is CCc1cc(C)cc(CC(CC)CC)c1O. The monoisotopic (exact) mass is 220 g/mol. The zero-order chi connectivity index (χ0) is 12.1. The zero-order valence-corrected chi connectivity index (χ0v) is 11.0. The van der Waals surface area contributed by atoms with E-state index in [0.717, 1.165) is 24.0 Å². The standard InChI is InChI=1S/C15H24O/c1-5-12(6-2)10-14-9-11(4)8-13(7-3)15(14)16/h8-9,12,16H,5-7,10H2,1-4H3. The van der Waals surface area contributed by atoms with Crippen molar-refractivity contribution in [2.75, 3.05) is 0 Å². The summed E-state index contributed by atoms with van der Waals surface area (Å²) in [5.74, 6) is 1.22. The van der Waals surface area contributed by atoms with Gasteiger partial charge in [-0.2, -0.15) is 0 Å². The maximum Gasteiger partial charge on any atom is 0.121 e. The van der Waals surface area contributed by atoms with Gasteiger partial charge in [-0.1, -0.05) is 51.3 Å². The predicted octanol–water partition coefficient (Wildman–Crippen LogP) is 4.24. The molecule has 0 aliphatic rings. The number of hydrogen-bond acceptors (Lipinski definition) is 1. The highest BCUT2D eigenvalue weighted by Crippen LogP contribution is 2.28. The quantitative estimate of drug-likeness (QED) is 0.787. The highest BCUT2D eigenvalue weighted by atomic mass is 16.3. The van der Waals surface area contributed by atoms with Crippen molar-refractivity contribution >= 4 is 0 Å². The van der Waals surface area contributed by atoms with E-state index < -0.39 is 0 Å². The van der Waals surface area contributed by atoms with E-state index in [1.807, 2.05) is 0 Å². The molecule has 90 valence electrons. The molecule has 1 N–H and O–H groups in total. The van der Waals surface area contributed by atoms with Crippen molar-refractivity contribution < 1.29 is 5.11 Å². The lowest BCUT2D eigenvalue weighted by Crippen LogP contribution is -2.03. The van der Waals surface area contributed by atoms with Crippen molar-refractivity contribution in [3.63, 3.8) is 0 Å². The molecule has 0 saturated carbocycles. The molecule has 0 unspecified atom stereocenters. The Labute approximate surface area is 99.5 Å². The number of phenols is 1. The third-order valence-electron chi connectivity index (χ3n) is 3.46. The summed E-state index contributed by atoms with van der Waals surface area (Å²) in [6.07, 6.45) is 4.29. The van der Waals surface area contributed by atoms with Crippen LogP contribution in [0.5, 0.6) is 5.75 Å². The molecule has 1 aromatic carbocycles. The van der Waals surface area contributed by atoms with Gasteiger partial charge >= 0.3 is 0 Å². The second kappa shape index (κ2) is 5.93. The molecular formula is C15H24O. The fourth-order valence-electron chi connectivity index (χ4n) is 2.25. The van der Waals surface area contributed by atoms with Crippen LogP contribution in [0, 0.1) is 12.8 Å². The van der Waals surface area contributed by atoms with Crippen LogP contribution in [-0.2, 0) is 12.8 Å². The van der Waals surface area contributed by atoms with Crippen molar-refractivity contribution in [3.05, 3.63) is 28.8 Å². The fraction of sp³-hybridized carbons (Fsp3) is 0.600. The molecule has 0 amide bonds. The molecule has 0 saturated heterocycles. The predicted molar refractivity (Wildman–Crippen MR) is 70.0 cm³/mol. The first-order chi connectivity index (χ1) is 7.62. The Morgan fingerprint density at radius 3 is 2.12 bits per heavy atom. The topological polar surface area (TPSA) is 20.2 Å². The first kappa shape index (κ1) is 13.1. The van der Waals surface area contributed by atoms with Crippen LogP contribution in [0.25, 0.3) is 0 Å². The molecule has 1 nitrogen and oxygen atoms in total. The van der Waals surface area contributed by atoms with Gasteiger partial charge in [0.05, 0.1) is 0 Å². The second-order valence-electron chi connectivity index (χ2n) is 4.67. The summed E-state index contributed by atoms with van der Waals surface area (Å²) in [4.78, 5) is 0. The number of aromatic hydroxyl groups is 1. The van der Waals surface area contributed by atoms with Gasteiger partial charge in [-0.3, -0.25) is 0 Å². The molecule has 16 heavy (non-hydrogen) atoms. The maximum absolute atomic E-state index is 10.2. The Kier molecular flexibility index (Phi) is 4.85. The van der Waals surface area contributed by atoms with Gasteiger partial charge in [-0.25, -0.2) is 0 Å². The van der Waals surface area contributed by atoms with Gasteiger partial charge in [-0.15, -0.1) is 0 Å². The molecule has 0 aromatic heterocycles. The molecule has 0 heterocycles. The Hall–Kier alpha value is -0.980. The minimum Gasteiger partial charge on any atom is -0.507 e. The van der Waals surface area contributed by atoms with E-state index in [2.05, 4.69) is 39.8 Å². The summed E-state index contributed by atoms with van der Waals surface area (Å²) in [7, 11) is 0. The van der Waals surface area contributed by atoms with Crippen molar-refractivity contribution in [1.29, 1.82) is 0 Å². The van der Waals surface area contributed by atoms with Gasteiger partial charge in [0.25, 0.3) is 0 Å². The van der Waals surface area contributed by atoms with E-state index in [0.29, 0.717) is 11.7 Å². The average Bonchev–Trinajstić information content (AvgIpc) is 2.29. The van der Waals surface area contributed by atoms with Crippen LogP contribution in [0.3, 0.4) is 0 Å². The van der Waals surface area contributed by atoms with Crippen molar-refractivity contribution in [3.8, 4) is 5.75 Å². The number of aryl methyl sites for hydroxylation is 2. The van der Waals surface area contributed by atoms with Gasteiger partial charge in [-0.05, 0) is 36.8 Å². The Morgan fingerprint density at radius 2 is 1.62 bits per heavy atom. The van der Waals surface area contributed by atoms with Crippen LogP contribution in [0.4, 0.5) is 0 Å². The normalized spacial score (nSPS) is 11.1. The van der Waals surface area contributed by atoms with E-state index in [9.17, 15) is 5.11 Å². The number of benzene rings is 1. The number of rotatable bonds is 5. The second-order valence-corrected chi connectivity index (χ2v) is 4.67. The summed E-state index contributed by atoms with van der Waals surface area (Å²) in [5, 5.41) is 10.2. The van der Waals surface area contributed by atoms with E-state index in [1.54, 1.807) is 0 Å². The Bertz CT molecular complexity index is 338. The largest absolute Gasteiger partial charge is 0.507 e. The van der Waals surface area contributed by atoms with Crippen LogP contribution in [0.2, 0.25) is 0 Å². The zero-order valence-electron chi connectivity index (χ0n) is 11.0. The first-order valence-corrected chi connectivity index (χ1v) is 6.43. The molecule has 0 aliphatic heterocycles. The summed E-state index contributed by atoms with van der Waals surface area (Å²) in [6.45, 7) is 8.65. The number of phenolic OH excluding ortho intramolecular Hbond substituents is 1. The summed E-state index contributed by atoms with van der Waals surface area (Å²) in [5.41, 5.74) is 3.47. The summed E-state index contributed by atoms with van der Waals surface area (Å²) >= 11 is 0. The molecule has 0 atom stereocenters. The molecule has 0 aliphatic carbocycles. The lowest BCUT2D eigenvalue weighted by Gasteiger charge is -2.15. The lowest BCUT2D eigenvalue weighted by molar-refractivity contribution is 0.439. The fourth-order valence-corrected chi connectivity index (χ4v) is 2.25. The van der Waals surface area contributed by atoms with Gasteiger partial charge in [0.2, 0.25) is 0 Å². The molecule has 1 rings (SSSR count). The third kappa shape index (κ3) is 3.01. The highest BCUT2D eigenvalue weighted by molar-refractivity contribution is 5.43. The van der Waals surface area contributed by atoms with E-state index >= 15 is 0 Å². The molecular weight excluding hydrogens is 196 g/mol. The van der Waals surface area contributed by atoms with Crippen molar-refractivity contribution in [2.45, 2.75) is 53.4 Å². The van der Waals surface area contributed by atoms with Crippen molar-refractivity contribution in [2.24, 2.45) is 5.92 Å². The Balaban J connectivity index is 2.98. The minimum absolute atomic E-state index is 0.528. The average molecular weight is 220 g/mol. The minimum atomic E-state index is 0.528. The van der Waals surface area contributed by atoms with Gasteiger partial charge < -0.3 is 5.11 Å². The van der Waals surface area contributed by atoms with Crippen LogP contribution < -0.4 is 0 Å². The molecule has 1 heteroatoms. The highest BCUT2D eigenvalue weighted by Gasteiger charge is 2.11. The van der Waals surface area contributed by atoms with Gasteiger partial charge in [0.1, 0.15) is 5.75 Å². The van der Waals surface area contributed by atoms with Gasteiger partial charge in [0, 0.05) is 0 Å². The summed E-state index contributed by atoms with van der Waals surface area (Å²) in [6, 6.07) is 4.22. The van der Waals surface area contributed by atoms with E-state index in [1.165, 1.54) is 18.4 Å². The van der Waals surface area contributed by atoms with Crippen LogP contribution in [0.1, 0.15) is 50.3 Å². The van der Waals surface area contributed by atoms with Crippen LogP contribution in [0.15, 0.2) is 12.1 Å². The van der Waals surface area contributed by atoms with Crippen molar-refractivity contribution in [1.82, 2.24) is 0 Å². The molecule has 0 radical (unpaired) electrons. The third-order valence-corrected chi connectivity index (χ3v) is 3.46. The van der Waals surface area contributed by atoms with E-state index in [4.69, 9.17) is 0 Å².